The topological polar surface area (TPSA) is 157 Å². The third-order valence-corrected chi connectivity index (χ3v) is 5.45. The highest BCUT2D eigenvalue weighted by Gasteiger charge is 2.45. The summed E-state index contributed by atoms with van der Waals surface area (Å²) >= 11 is 0. The largest absolute Gasteiger partial charge is 0.443 e. The monoisotopic (exact) mass is 449 g/mol. The second-order valence-electron chi connectivity index (χ2n) is 8.17. The maximum Gasteiger partial charge on any atom is 0.238 e. The van der Waals surface area contributed by atoms with Crippen molar-refractivity contribution < 1.29 is 34.7 Å². The number of hydrogen-bond acceptors (Lipinski definition) is 8. The zero-order chi connectivity index (χ0) is 23.4. The molecule has 0 saturated carbocycles. The number of carbonyl (C=O) groups is 1. The summed E-state index contributed by atoms with van der Waals surface area (Å²) in [5.41, 5.74) is 3.24. The van der Waals surface area contributed by atoms with Gasteiger partial charge in [-0.05, 0) is 23.6 Å². The Hall–Kier alpha value is -2.50. The van der Waals surface area contributed by atoms with Crippen LogP contribution in [0.2, 0.25) is 0 Å². The molecule has 0 radical (unpaired) electrons. The average Bonchev–Trinajstić information content (AvgIpc) is 3.17. The molecule has 3 rings (SSSR count). The smallest absolute Gasteiger partial charge is 0.238 e. The number of aliphatic hydroxyl groups is 4. The van der Waals surface area contributed by atoms with Gasteiger partial charge in [-0.1, -0.05) is 32.9 Å². The van der Waals surface area contributed by atoms with Gasteiger partial charge in [0.05, 0.1) is 6.61 Å². The molecule has 32 heavy (non-hydrogen) atoms. The van der Waals surface area contributed by atoms with E-state index in [1.165, 1.54) is 0 Å². The Bertz CT molecular complexity index is 897. The molecule has 1 aromatic carbocycles. The fourth-order valence-corrected chi connectivity index (χ4v) is 3.54. The lowest BCUT2D eigenvalue weighted by atomic mass is 9.98. The van der Waals surface area contributed by atoms with Crippen LogP contribution < -0.4 is 10.1 Å². The van der Waals surface area contributed by atoms with E-state index in [4.69, 9.17) is 9.47 Å². The molecule has 1 aliphatic rings. The molecule has 6 N–H and O–H groups in total. The first-order valence-corrected chi connectivity index (χ1v) is 10.7. The molecule has 0 spiro atoms. The second kappa shape index (κ2) is 10.4. The molecular weight excluding hydrogens is 418 g/mol. The highest BCUT2D eigenvalue weighted by atomic mass is 16.7. The van der Waals surface area contributed by atoms with Crippen LogP contribution in [0.4, 0.5) is 5.69 Å². The van der Waals surface area contributed by atoms with Gasteiger partial charge >= 0.3 is 0 Å². The Labute approximate surface area is 186 Å². The molecule has 176 valence electrons. The number of aliphatic hydroxyl groups excluding tert-OH is 4. The summed E-state index contributed by atoms with van der Waals surface area (Å²) in [5.74, 6) is 0.235. The van der Waals surface area contributed by atoms with E-state index < -0.39 is 37.3 Å². The number of nitrogens with one attached hydrogen (secondary N) is 2. The molecule has 0 unspecified atom stereocenters. The molecule has 1 aliphatic heterocycles. The second-order valence-corrected chi connectivity index (χ2v) is 8.17. The summed E-state index contributed by atoms with van der Waals surface area (Å²) < 4.78 is 11.2. The minimum absolute atomic E-state index is 0.0649. The van der Waals surface area contributed by atoms with Gasteiger partial charge in [-0.2, -0.15) is 0 Å². The number of aromatic amines is 1. The number of nitrogens with zero attached hydrogens (tertiary/aromatic N) is 1. The Kier molecular flexibility index (Phi) is 7.86. The summed E-state index contributed by atoms with van der Waals surface area (Å²) in [7, 11) is 0. The number of ether oxygens (including phenoxy) is 2. The molecule has 1 saturated heterocycles. The fourth-order valence-electron chi connectivity index (χ4n) is 3.54. The molecule has 0 bridgehead atoms. The summed E-state index contributed by atoms with van der Waals surface area (Å²) in [6, 6.07) is 7.41. The van der Waals surface area contributed by atoms with Crippen LogP contribution in [-0.4, -0.2) is 73.8 Å². The van der Waals surface area contributed by atoms with Crippen LogP contribution in [0, 0.1) is 0 Å². The summed E-state index contributed by atoms with van der Waals surface area (Å²) in [4.78, 5) is 11.6. The van der Waals surface area contributed by atoms with E-state index in [1.54, 1.807) is 6.92 Å². The predicted octanol–water partition coefficient (Wildman–Crippen LogP) is 0.651. The van der Waals surface area contributed by atoms with Crippen molar-refractivity contribution in [3.8, 4) is 5.88 Å². The minimum Gasteiger partial charge on any atom is -0.443 e. The number of rotatable bonds is 8. The molecule has 1 aromatic heterocycles. The van der Waals surface area contributed by atoms with Crippen LogP contribution in [0.3, 0.4) is 0 Å². The lowest BCUT2D eigenvalue weighted by molar-refractivity contribution is -0.278. The van der Waals surface area contributed by atoms with Crippen LogP contribution in [0.1, 0.15) is 49.9 Å². The first-order valence-electron chi connectivity index (χ1n) is 10.7. The molecule has 2 aromatic rings. The van der Waals surface area contributed by atoms with Gasteiger partial charge in [0, 0.05) is 29.8 Å². The van der Waals surface area contributed by atoms with Gasteiger partial charge in [0.25, 0.3) is 0 Å². The van der Waals surface area contributed by atoms with Gasteiger partial charge in [-0.25, -0.2) is 0 Å². The van der Waals surface area contributed by atoms with Crippen molar-refractivity contribution in [2.24, 2.45) is 0 Å². The maximum absolute atomic E-state index is 11.6. The average molecular weight is 450 g/mol. The predicted molar refractivity (Wildman–Crippen MR) is 115 cm³/mol. The van der Waals surface area contributed by atoms with E-state index >= 15 is 0 Å². The summed E-state index contributed by atoms with van der Waals surface area (Å²) in [6.45, 7) is 5.24. The van der Waals surface area contributed by atoms with E-state index in [2.05, 4.69) is 15.5 Å². The number of hydrogen-bond donors (Lipinski definition) is 6. The fraction of sp³-hybridized carbons (Fsp3) is 0.545. The van der Waals surface area contributed by atoms with Gasteiger partial charge in [0.15, 0.2) is 0 Å². The third kappa shape index (κ3) is 5.28. The van der Waals surface area contributed by atoms with E-state index in [9.17, 15) is 25.2 Å². The van der Waals surface area contributed by atoms with Crippen LogP contribution in [0.5, 0.6) is 5.88 Å². The van der Waals surface area contributed by atoms with Crippen LogP contribution in [0.15, 0.2) is 24.3 Å². The van der Waals surface area contributed by atoms with Gasteiger partial charge in [0.1, 0.15) is 24.4 Å². The van der Waals surface area contributed by atoms with Crippen molar-refractivity contribution in [3.63, 3.8) is 0 Å². The van der Waals surface area contributed by atoms with Crippen molar-refractivity contribution in [2.75, 3.05) is 11.9 Å². The van der Waals surface area contributed by atoms with Crippen molar-refractivity contribution in [1.29, 1.82) is 0 Å². The van der Waals surface area contributed by atoms with E-state index in [1.807, 2.05) is 38.1 Å². The number of H-pyrrole nitrogens is 1. The number of benzene rings is 1. The number of aromatic nitrogens is 2. The third-order valence-electron chi connectivity index (χ3n) is 5.45. The van der Waals surface area contributed by atoms with Crippen molar-refractivity contribution in [2.45, 2.75) is 70.2 Å². The minimum atomic E-state index is -1.54. The van der Waals surface area contributed by atoms with Gasteiger partial charge < -0.3 is 35.2 Å². The van der Waals surface area contributed by atoms with Crippen LogP contribution in [0.25, 0.3) is 0 Å². The zero-order valence-electron chi connectivity index (χ0n) is 18.4. The highest BCUT2D eigenvalue weighted by molar-refractivity contribution is 5.90. The summed E-state index contributed by atoms with van der Waals surface area (Å²) in [5, 5.41) is 49.6. The molecular formula is C22H31N3O7. The highest BCUT2D eigenvalue weighted by Crippen LogP contribution is 2.31. The number of carbonyl (C=O) groups excluding carboxylic acids is 1. The molecule has 0 aliphatic carbocycles. The van der Waals surface area contributed by atoms with Crippen molar-refractivity contribution in [1.82, 2.24) is 10.2 Å². The first kappa shape index (κ1) is 24.1. The molecule has 2 heterocycles. The number of anilines is 1. The lowest BCUT2D eigenvalue weighted by Crippen LogP contribution is -2.60. The molecule has 10 nitrogen and oxygen atoms in total. The van der Waals surface area contributed by atoms with Gasteiger partial charge in [-0.15, -0.1) is 5.10 Å². The van der Waals surface area contributed by atoms with Crippen LogP contribution in [-0.2, 0) is 16.0 Å². The Balaban J connectivity index is 1.81. The van der Waals surface area contributed by atoms with Gasteiger partial charge in [-0.3, -0.25) is 9.89 Å². The van der Waals surface area contributed by atoms with E-state index in [0.29, 0.717) is 18.5 Å². The Morgan fingerprint density at radius 2 is 1.88 bits per heavy atom. The molecule has 1 fully saturated rings. The van der Waals surface area contributed by atoms with E-state index in [-0.39, 0.29) is 17.7 Å². The number of amides is 1. The Morgan fingerprint density at radius 3 is 2.47 bits per heavy atom. The van der Waals surface area contributed by atoms with E-state index in [0.717, 1.165) is 16.8 Å². The quantitative estimate of drug-likeness (QED) is 0.343. The molecule has 1 amide bonds. The van der Waals surface area contributed by atoms with Crippen molar-refractivity contribution in [3.05, 3.63) is 41.1 Å². The molecule has 10 heteroatoms. The van der Waals surface area contributed by atoms with Crippen LogP contribution >= 0.6 is 0 Å². The summed E-state index contributed by atoms with van der Waals surface area (Å²) in [6.07, 6.45) is -6.07. The zero-order valence-corrected chi connectivity index (χ0v) is 18.4. The standard InChI is InChI=1S/C22H31N3O7/c1-4-16(27)23-13-7-5-12(6-8-13)9-14-17(11(2)3)24-25-21(14)32-22-20(30)19(29)18(28)15(10-26)31-22/h5-8,11,15,18-20,22,26,28-30H,4,9-10H2,1-3H3,(H,23,27)(H,24,25)/t15-,18-,19+,20-,22+/m1/s1. The normalized spacial score (nSPS) is 25.7. The maximum atomic E-state index is 11.6. The lowest BCUT2D eigenvalue weighted by Gasteiger charge is -2.39. The SMILES string of the molecule is CCC(=O)Nc1ccc(Cc2c(O[C@@H]3O[C@H](CO)[C@@H](O)[C@H](O)[C@H]3O)n[nH]c2C(C)C)cc1. The molecule has 5 atom stereocenters. The van der Waals surface area contributed by atoms with Gasteiger partial charge in [0.2, 0.25) is 18.1 Å². The first-order chi connectivity index (χ1) is 15.2. The van der Waals surface area contributed by atoms with Crippen molar-refractivity contribution >= 4 is 11.6 Å². The Morgan fingerprint density at radius 1 is 1.19 bits per heavy atom.